The van der Waals surface area contributed by atoms with Gasteiger partial charge in [0.15, 0.2) is 0 Å². The molecule has 2 rings (SSSR count). The molecule has 0 saturated carbocycles. The molecule has 2 aromatic rings. The normalized spacial score (nSPS) is 10.6. The first-order valence-corrected chi connectivity index (χ1v) is 7.38. The first-order chi connectivity index (χ1) is 11.0. The van der Waals surface area contributed by atoms with E-state index in [1.807, 2.05) is 0 Å². The summed E-state index contributed by atoms with van der Waals surface area (Å²) in [5.41, 5.74) is 4.02. The molecule has 0 spiro atoms. The summed E-state index contributed by atoms with van der Waals surface area (Å²) in [4.78, 5) is 22.9. The fourth-order valence-electron chi connectivity index (χ4n) is 1.75. The van der Waals surface area contributed by atoms with Crippen LogP contribution < -0.4 is 10.7 Å². The maximum Gasteiger partial charge on any atom is 0.271 e. The predicted molar refractivity (Wildman–Crippen MR) is 92.3 cm³/mol. The van der Waals surface area contributed by atoms with Crippen LogP contribution in [0.4, 0.5) is 5.69 Å². The maximum atomic E-state index is 11.9. The van der Waals surface area contributed by atoms with Gasteiger partial charge in [-0.3, -0.25) is 9.59 Å². The lowest BCUT2D eigenvalue weighted by molar-refractivity contribution is -0.114. The first kappa shape index (κ1) is 17.0. The predicted octanol–water partition coefficient (Wildman–Crippen LogP) is 3.72. The van der Waals surface area contributed by atoms with Gasteiger partial charge in [0.1, 0.15) is 0 Å². The summed E-state index contributed by atoms with van der Waals surface area (Å²) < 4.78 is 0. The van der Waals surface area contributed by atoms with Gasteiger partial charge in [-0.25, -0.2) is 5.43 Å². The summed E-state index contributed by atoms with van der Waals surface area (Å²) in [6.07, 6.45) is 1.41. The van der Waals surface area contributed by atoms with Crippen LogP contribution in [0.25, 0.3) is 0 Å². The number of nitrogens with zero attached hydrogens (tertiary/aromatic N) is 1. The monoisotopic (exact) mass is 349 g/mol. The average Bonchev–Trinajstić information content (AvgIpc) is 2.51. The van der Waals surface area contributed by atoms with Gasteiger partial charge in [-0.2, -0.15) is 5.10 Å². The number of hydrazone groups is 1. The van der Waals surface area contributed by atoms with Gasteiger partial charge in [-0.1, -0.05) is 35.3 Å². The molecule has 5 nitrogen and oxygen atoms in total. The number of hydrogen-bond acceptors (Lipinski definition) is 3. The molecule has 2 amide bonds. The highest BCUT2D eigenvalue weighted by Crippen LogP contribution is 2.24. The van der Waals surface area contributed by atoms with Crippen molar-refractivity contribution < 1.29 is 9.59 Å². The highest BCUT2D eigenvalue weighted by Gasteiger charge is 2.05. The third-order valence-corrected chi connectivity index (χ3v) is 3.65. The third-order valence-electron chi connectivity index (χ3n) is 2.82. The molecule has 7 heteroatoms. The molecule has 0 aliphatic carbocycles. The molecule has 0 heterocycles. The van der Waals surface area contributed by atoms with E-state index < -0.39 is 0 Å². The van der Waals surface area contributed by atoms with E-state index in [9.17, 15) is 9.59 Å². The minimum Gasteiger partial charge on any atom is -0.326 e. The van der Waals surface area contributed by atoms with Crippen LogP contribution in [0.2, 0.25) is 10.0 Å². The van der Waals surface area contributed by atoms with E-state index in [1.165, 1.54) is 13.1 Å². The van der Waals surface area contributed by atoms with Gasteiger partial charge in [0.05, 0.1) is 16.3 Å². The molecule has 0 aliphatic heterocycles. The van der Waals surface area contributed by atoms with Crippen molar-refractivity contribution in [2.45, 2.75) is 6.92 Å². The molecule has 0 saturated heterocycles. The summed E-state index contributed by atoms with van der Waals surface area (Å²) in [5, 5.41) is 7.25. The van der Waals surface area contributed by atoms with Gasteiger partial charge in [0.2, 0.25) is 5.91 Å². The van der Waals surface area contributed by atoms with Crippen LogP contribution in [0.1, 0.15) is 22.8 Å². The van der Waals surface area contributed by atoms with Crippen molar-refractivity contribution in [2.24, 2.45) is 5.10 Å². The molecule has 0 radical (unpaired) electrons. The van der Waals surface area contributed by atoms with Crippen LogP contribution in [0.5, 0.6) is 0 Å². The fraction of sp³-hybridized carbons (Fsp3) is 0.0625. The highest BCUT2D eigenvalue weighted by molar-refractivity contribution is 6.43. The lowest BCUT2D eigenvalue weighted by Gasteiger charge is -2.04. The maximum absolute atomic E-state index is 11.9. The summed E-state index contributed by atoms with van der Waals surface area (Å²) >= 11 is 11.9. The number of nitrogens with one attached hydrogen (secondary N) is 2. The Balaban J connectivity index is 2.00. The Morgan fingerprint density at radius 3 is 2.43 bits per heavy atom. The van der Waals surface area contributed by atoms with E-state index >= 15 is 0 Å². The minimum absolute atomic E-state index is 0.176. The van der Waals surface area contributed by atoms with E-state index in [4.69, 9.17) is 23.2 Å². The minimum atomic E-state index is -0.381. The van der Waals surface area contributed by atoms with Gasteiger partial charge in [0.25, 0.3) is 5.91 Å². The summed E-state index contributed by atoms with van der Waals surface area (Å²) in [6, 6.07) is 11.6. The summed E-state index contributed by atoms with van der Waals surface area (Å²) in [7, 11) is 0. The van der Waals surface area contributed by atoms with Gasteiger partial charge < -0.3 is 5.32 Å². The summed E-state index contributed by atoms with van der Waals surface area (Å²) in [6.45, 7) is 1.41. The van der Waals surface area contributed by atoms with E-state index in [0.29, 0.717) is 26.9 Å². The van der Waals surface area contributed by atoms with Gasteiger partial charge in [-0.05, 0) is 30.3 Å². The molecule has 2 aromatic carbocycles. The Morgan fingerprint density at radius 1 is 1.09 bits per heavy atom. The van der Waals surface area contributed by atoms with E-state index in [0.717, 1.165) is 0 Å². The number of rotatable bonds is 4. The van der Waals surface area contributed by atoms with Crippen LogP contribution in [0.15, 0.2) is 47.6 Å². The van der Waals surface area contributed by atoms with Crippen LogP contribution in [0, 0.1) is 0 Å². The van der Waals surface area contributed by atoms with Gasteiger partial charge in [-0.15, -0.1) is 0 Å². The lowest BCUT2D eigenvalue weighted by atomic mass is 10.2. The zero-order valence-corrected chi connectivity index (χ0v) is 13.7. The van der Waals surface area contributed by atoms with Crippen molar-refractivity contribution in [1.29, 1.82) is 0 Å². The van der Waals surface area contributed by atoms with Crippen molar-refractivity contribution >= 4 is 46.9 Å². The molecule has 0 fully saturated rings. The second-order valence-electron chi connectivity index (χ2n) is 4.60. The Kier molecular flexibility index (Phi) is 5.73. The SMILES string of the molecule is CC(=O)Nc1ccc(C(=O)N/N=C/c2cccc(Cl)c2Cl)cc1. The molecule has 0 atom stereocenters. The van der Waals surface area contributed by atoms with E-state index in [-0.39, 0.29) is 11.8 Å². The molecule has 118 valence electrons. The molecular weight excluding hydrogens is 337 g/mol. The molecule has 0 bridgehead atoms. The highest BCUT2D eigenvalue weighted by atomic mass is 35.5. The summed E-state index contributed by atoms with van der Waals surface area (Å²) in [5.74, 6) is -0.557. The van der Waals surface area contributed by atoms with Crippen LogP contribution in [0.3, 0.4) is 0 Å². The van der Waals surface area contributed by atoms with Crippen molar-refractivity contribution in [2.75, 3.05) is 5.32 Å². The number of anilines is 1. The number of amides is 2. The van der Waals surface area contributed by atoms with Gasteiger partial charge in [0, 0.05) is 23.7 Å². The van der Waals surface area contributed by atoms with Crippen LogP contribution >= 0.6 is 23.2 Å². The average molecular weight is 350 g/mol. The standard InChI is InChI=1S/C16H13Cl2N3O2/c1-10(22)20-13-7-5-11(6-8-13)16(23)21-19-9-12-3-2-4-14(17)15(12)18/h2-9H,1H3,(H,20,22)(H,21,23)/b19-9+. The molecule has 23 heavy (non-hydrogen) atoms. The Labute approximate surface area is 143 Å². The zero-order chi connectivity index (χ0) is 16.8. The second kappa shape index (κ2) is 7.76. The Hall–Kier alpha value is -2.37. The van der Waals surface area contributed by atoms with Crippen LogP contribution in [-0.4, -0.2) is 18.0 Å². The number of carbonyl (C=O) groups is 2. The Morgan fingerprint density at radius 2 is 1.78 bits per heavy atom. The zero-order valence-electron chi connectivity index (χ0n) is 12.1. The van der Waals surface area contributed by atoms with E-state index in [2.05, 4.69) is 15.8 Å². The Bertz CT molecular complexity index is 758. The third kappa shape index (κ3) is 4.81. The quantitative estimate of drug-likeness (QED) is 0.652. The molecule has 0 aromatic heterocycles. The topological polar surface area (TPSA) is 70.6 Å². The van der Waals surface area contributed by atoms with Crippen LogP contribution in [-0.2, 0) is 4.79 Å². The number of halogens is 2. The van der Waals surface area contributed by atoms with Crippen molar-refractivity contribution in [1.82, 2.24) is 5.43 Å². The number of hydrogen-bond donors (Lipinski definition) is 2. The van der Waals surface area contributed by atoms with Gasteiger partial charge >= 0.3 is 0 Å². The van der Waals surface area contributed by atoms with E-state index in [1.54, 1.807) is 42.5 Å². The molecule has 0 unspecified atom stereocenters. The largest absolute Gasteiger partial charge is 0.326 e. The van der Waals surface area contributed by atoms with Crippen molar-refractivity contribution in [3.8, 4) is 0 Å². The first-order valence-electron chi connectivity index (χ1n) is 6.62. The van der Waals surface area contributed by atoms with Crippen molar-refractivity contribution in [3.63, 3.8) is 0 Å². The lowest BCUT2D eigenvalue weighted by Crippen LogP contribution is -2.17. The smallest absolute Gasteiger partial charge is 0.271 e. The molecule has 0 aliphatic rings. The molecule has 2 N–H and O–H groups in total. The second-order valence-corrected chi connectivity index (χ2v) is 5.39. The number of carbonyl (C=O) groups excluding carboxylic acids is 2. The van der Waals surface area contributed by atoms with Crippen molar-refractivity contribution in [3.05, 3.63) is 63.6 Å². The number of benzene rings is 2. The molecular formula is C16H13Cl2N3O2. The fourth-order valence-corrected chi connectivity index (χ4v) is 2.11.